The molecular formula is C23H26FN5O2. The summed E-state index contributed by atoms with van der Waals surface area (Å²) in [6, 6.07) is 13.8. The molecule has 162 valence electrons. The first kappa shape index (κ1) is 21.0. The second-order valence-electron chi connectivity index (χ2n) is 8.77. The summed E-state index contributed by atoms with van der Waals surface area (Å²) in [4.78, 5) is 14.7. The number of likely N-dealkylation sites (tertiary alicyclic amines) is 1. The number of benzene rings is 2. The number of aromatic nitrogens is 4. The lowest BCUT2D eigenvalue weighted by molar-refractivity contribution is 0.0790. The molecule has 1 aromatic heterocycles. The van der Waals surface area contributed by atoms with Crippen LogP contribution in [0, 0.1) is 11.2 Å². The van der Waals surface area contributed by atoms with E-state index >= 15 is 0 Å². The van der Waals surface area contributed by atoms with Gasteiger partial charge in [0, 0.05) is 30.0 Å². The summed E-state index contributed by atoms with van der Waals surface area (Å²) < 4.78 is 20.8. The molecule has 1 amide bonds. The molecule has 0 N–H and O–H groups in total. The lowest BCUT2D eigenvalue weighted by atomic mass is 9.95. The topological polar surface area (TPSA) is 73.1 Å². The highest BCUT2D eigenvalue weighted by atomic mass is 19.1. The third-order valence-electron chi connectivity index (χ3n) is 5.53. The summed E-state index contributed by atoms with van der Waals surface area (Å²) in [6.45, 7) is 6.64. The minimum atomic E-state index is -0.240. The van der Waals surface area contributed by atoms with Crippen LogP contribution in [0.5, 0.6) is 5.75 Å². The van der Waals surface area contributed by atoms with Crippen LogP contribution in [0.2, 0.25) is 0 Å². The Bertz CT molecular complexity index is 1000. The molecule has 1 unspecified atom stereocenters. The Labute approximate surface area is 180 Å². The molecular weight excluding hydrogens is 397 g/mol. The van der Waals surface area contributed by atoms with Crippen molar-refractivity contribution < 1.29 is 13.9 Å². The first-order valence-corrected chi connectivity index (χ1v) is 10.4. The molecule has 3 aromatic rings. The smallest absolute Gasteiger partial charge is 0.253 e. The number of tetrazole rings is 1. The maximum Gasteiger partial charge on any atom is 0.253 e. The number of halogens is 1. The summed E-state index contributed by atoms with van der Waals surface area (Å²) in [5.41, 5.74) is 1.55. The van der Waals surface area contributed by atoms with E-state index in [1.807, 2.05) is 17.0 Å². The zero-order valence-electron chi connectivity index (χ0n) is 17.7. The Hall–Kier alpha value is -3.29. The number of rotatable bonds is 7. The van der Waals surface area contributed by atoms with E-state index in [0.29, 0.717) is 37.6 Å². The van der Waals surface area contributed by atoms with Crippen molar-refractivity contribution >= 4 is 5.91 Å². The second-order valence-corrected chi connectivity index (χ2v) is 8.77. The number of nitrogens with zero attached hydrogens (tertiary/aromatic N) is 5. The van der Waals surface area contributed by atoms with E-state index in [1.54, 1.807) is 35.3 Å². The van der Waals surface area contributed by atoms with Gasteiger partial charge in [-0.3, -0.25) is 4.79 Å². The summed E-state index contributed by atoms with van der Waals surface area (Å²) >= 11 is 0. The van der Waals surface area contributed by atoms with Crippen molar-refractivity contribution in [2.24, 2.45) is 5.41 Å². The molecule has 4 rings (SSSR count). The van der Waals surface area contributed by atoms with E-state index in [2.05, 4.69) is 29.4 Å². The van der Waals surface area contributed by atoms with Crippen molar-refractivity contribution in [3.05, 3.63) is 71.8 Å². The van der Waals surface area contributed by atoms with Gasteiger partial charge >= 0.3 is 0 Å². The highest BCUT2D eigenvalue weighted by molar-refractivity contribution is 5.94. The number of carbonyl (C=O) groups is 1. The van der Waals surface area contributed by atoms with Gasteiger partial charge in [0.25, 0.3) is 5.91 Å². The minimum Gasteiger partial charge on any atom is -0.493 e. The number of hydrogen-bond donors (Lipinski definition) is 0. The third-order valence-corrected chi connectivity index (χ3v) is 5.53. The van der Waals surface area contributed by atoms with Gasteiger partial charge < -0.3 is 9.64 Å². The van der Waals surface area contributed by atoms with E-state index in [9.17, 15) is 9.18 Å². The minimum absolute atomic E-state index is 0.00942. The molecule has 31 heavy (non-hydrogen) atoms. The zero-order valence-corrected chi connectivity index (χ0v) is 17.7. The van der Waals surface area contributed by atoms with Crippen LogP contribution in [-0.4, -0.2) is 50.7 Å². The lowest BCUT2D eigenvalue weighted by Crippen LogP contribution is -2.28. The molecule has 0 aliphatic carbocycles. The van der Waals surface area contributed by atoms with Crippen LogP contribution < -0.4 is 4.74 Å². The molecule has 2 aromatic carbocycles. The van der Waals surface area contributed by atoms with Gasteiger partial charge in [-0.1, -0.05) is 26.0 Å². The Kier molecular flexibility index (Phi) is 5.97. The Morgan fingerprint density at radius 1 is 1.16 bits per heavy atom. The quantitative estimate of drug-likeness (QED) is 0.581. The first-order chi connectivity index (χ1) is 14.9. The van der Waals surface area contributed by atoms with Crippen molar-refractivity contribution in [1.29, 1.82) is 0 Å². The molecule has 1 atom stereocenters. The highest BCUT2D eigenvalue weighted by Crippen LogP contribution is 2.29. The van der Waals surface area contributed by atoms with E-state index < -0.39 is 0 Å². The van der Waals surface area contributed by atoms with Crippen LogP contribution in [0.3, 0.4) is 0 Å². The third kappa shape index (κ3) is 5.25. The molecule has 0 radical (unpaired) electrons. The van der Waals surface area contributed by atoms with Crippen molar-refractivity contribution in [3.63, 3.8) is 0 Å². The average Bonchev–Trinajstić information content (AvgIpc) is 3.45. The van der Waals surface area contributed by atoms with Crippen LogP contribution in [0.4, 0.5) is 4.39 Å². The van der Waals surface area contributed by atoms with E-state index in [0.717, 1.165) is 12.0 Å². The van der Waals surface area contributed by atoms with E-state index in [4.69, 9.17) is 4.74 Å². The molecule has 1 aliphatic rings. The number of amides is 1. The van der Waals surface area contributed by atoms with Gasteiger partial charge in [-0.15, -0.1) is 5.10 Å². The van der Waals surface area contributed by atoms with Crippen molar-refractivity contribution in [2.45, 2.75) is 32.7 Å². The van der Waals surface area contributed by atoms with Crippen LogP contribution >= 0.6 is 0 Å². The maximum atomic E-state index is 13.2. The SMILES string of the molecule is CC(C)(COc1ccc(C(=O)N2CCC(c3ccc(F)cc3)C2)cc1)Cn1cnnn1. The van der Waals surface area contributed by atoms with Crippen LogP contribution in [0.25, 0.3) is 0 Å². The molecule has 0 saturated carbocycles. The summed E-state index contributed by atoms with van der Waals surface area (Å²) in [7, 11) is 0. The van der Waals surface area contributed by atoms with Gasteiger partial charge in [0.1, 0.15) is 17.9 Å². The fraction of sp³-hybridized carbons (Fsp3) is 0.391. The largest absolute Gasteiger partial charge is 0.493 e. The maximum absolute atomic E-state index is 13.2. The van der Waals surface area contributed by atoms with Crippen LogP contribution in [0.15, 0.2) is 54.9 Å². The fourth-order valence-corrected chi connectivity index (χ4v) is 3.84. The molecule has 1 aliphatic heterocycles. The number of ether oxygens (including phenoxy) is 1. The molecule has 8 heteroatoms. The Balaban J connectivity index is 1.31. The van der Waals surface area contributed by atoms with Crippen molar-refractivity contribution in [1.82, 2.24) is 25.1 Å². The zero-order chi connectivity index (χ0) is 21.8. The number of hydrogen-bond acceptors (Lipinski definition) is 5. The van der Waals surface area contributed by atoms with Gasteiger partial charge in [-0.05, 0) is 58.8 Å². The molecule has 7 nitrogen and oxygen atoms in total. The number of carbonyl (C=O) groups excluding carboxylic acids is 1. The van der Waals surface area contributed by atoms with Crippen LogP contribution in [-0.2, 0) is 6.54 Å². The van der Waals surface area contributed by atoms with E-state index in [1.165, 1.54) is 12.1 Å². The van der Waals surface area contributed by atoms with Gasteiger partial charge in [0.2, 0.25) is 0 Å². The van der Waals surface area contributed by atoms with Gasteiger partial charge in [0.15, 0.2) is 0 Å². The Morgan fingerprint density at radius 3 is 2.58 bits per heavy atom. The van der Waals surface area contributed by atoms with E-state index in [-0.39, 0.29) is 23.1 Å². The Morgan fingerprint density at radius 2 is 1.90 bits per heavy atom. The molecule has 2 heterocycles. The second kappa shape index (κ2) is 8.83. The monoisotopic (exact) mass is 423 g/mol. The molecule has 1 saturated heterocycles. The summed E-state index contributed by atoms with van der Waals surface area (Å²) in [6.07, 6.45) is 2.47. The lowest BCUT2D eigenvalue weighted by Gasteiger charge is -2.24. The van der Waals surface area contributed by atoms with Crippen LogP contribution in [0.1, 0.15) is 42.1 Å². The summed E-state index contributed by atoms with van der Waals surface area (Å²) in [5.74, 6) is 0.729. The predicted molar refractivity (Wildman–Crippen MR) is 113 cm³/mol. The van der Waals surface area contributed by atoms with Gasteiger partial charge in [-0.2, -0.15) is 0 Å². The normalized spacial score (nSPS) is 16.5. The molecule has 1 fully saturated rings. The average molecular weight is 423 g/mol. The van der Waals surface area contributed by atoms with Gasteiger partial charge in [0.05, 0.1) is 13.2 Å². The highest BCUT2D eigenvalue weighted by Gasteiger charge is 2.28. The summed E-state index contributed by atoms with van der Waals surface area (Å²) in [5, 5.41) is 11.2. The van der Waals surface area contributed by atoms with Crippen molar-refractivity contribution in [2.75, 3.05) is 19.7 Å². The van der Waals surface area contributed by atoms with Crippen molar-refractivity contribution in [3.8, 4) is 5.75 Å². The van der Waals surface area contributed by atoms with Gasteiger partial charge in [-0.25, -0.2) is 9.07 Å². The first-order valence-electron chi connectivity index (χ1n) is 10.4. The predicted octanol–water partition coefficient (Wildman–Crippen LogP) is 3.55. The fourth-order valence-electron chi connectivity index (χ4n) is 3.84. The standard InChI is InChI=1S/C23H26FN5O2/c1-23(2,14-29-16-25-26-27-29)15-31-21-9-5-18(6-10-21)22(30)28-12-11-19(13-28)17-3-7-20(24)8-4-17/h3-10,16,19H,11-15H2,1-2H3. The molecule has 0 bridgehead atoms. The molecule has 0 spiro atoms.